The van der Waals surface area contributed by atoms with E-state index in [-0.39, 0.29) is 0 Å². The average Bonchev–Trinajstić information content (AvgIpc) is 3.62. The summed E-state index contributed by atoms with van der Waals surface area (Å²) in [5.41, 5.74) is 12.1. The van der Waals surface area contributed by atoms with Crippen molar-refractivity contribution in [2.24, 2.45) is 0 Å². The predicted octanol–water partition coefficient (Wildman–Crippen LogP) is 11.9. The molecule has 10 rings (SSSR count). The van der Waals surface area contributed by atoms with Crippen LogP contribution < -0.4 is 0 Å². The Kier molecular flexibility index (Phi) is 6.78. The van der Waals surface area contributed by atoms with Gasteiger partial charge in [-0.25, -0.2) is 14.6 Å². The molecule has 0 radical (unpaired) electrons. The normalized spacial score (nSPS) is 11.5. The Labute approximate surface area is 294 Å². The van der Waals surface area contributed by atoms with Gasteiger partial charge in [-0.15, -0.1) is 0 Å². The Balaban J connectivity index is 1.31. The first-order valence-electron chi connectivity index (χ1n) is 17.2. The van der Waals surface area contributed by atoms with E-state index in [1.807, 2.05) is 12.1 Å². The van der Waals surface area contributed by atoms with Crippen LogP contribution in [0, 0.1) is 0 Å². The Hall–Kier alpha value is -6.91. The molecule has 3 aromatic heterocycles. The number of para-hydroxylation sites is 1. The molecule has 0 N–H and O–H groups in total. The van der Waals surface area contributed by atoms with Crippen molar-refractivity contribution in [3.8, 4) is 50.6 Å². The number of aromatic nitrogens is 4. The van der Waals surface area contributed by atoms with E-state index < -0.39 is 0 Å². The molecule has 0 aliphatic rings. The summed E-state index contributed by atoms with van der Waals surface area (Å²) < 4.78 is 2.13. The van der Waals surface area contributed by atoms with E-state index >= 15 is 0 Å². The van der Waals surface area contributed by atoms with Crippen molar-refractivity contribution in [1.82, 2.24) is 19.7 Å². The number of pyridine rings is 2. The average molecular weight is 651 g/mol. The van der Waals surface area contributed by atoms with E-state index in [0.717, 1.165) is 94.1 Å². The van der Waals surface area contributed by atoms with Gasteiger partial charge in [-0.2, -0.15) is 5.10 Å². The molecule has 4 nitrogen and oxygen atoms in total. The molecule has 10 aromatic rings. The maximum atomic E-state index is 5.42. The van der Waals surface area contributed by atoms with Gasteiger partial charge in [0.05, 0.1) is 33.6 Å². The van der Waals surface area contributed by atoms with Crippen LogP contribution in [0.1, 0.15) is 0 Å². The van der Waals surface area contributed by atoms with Gasteiger partial charge in [0, 0.05) is 38.2 Å². The fourth-order valence-electron chi connectivity index (χ4n) is 7.39. The van der Waals surface area contributed by atoms with Gasteiger partial charge in [0.1, 0.15) is 5.69 Å². The molecule has 0 aliphatic carbocycles. The second-order valence-corrected chi connectivity index (χ2v) is 12.8. The van der Waals surface area contributed by atoms with Crippen LogP contribution in [-0.2, 0) is 0 Å². The van der Waals surface area contributed by atoms with Gasteiger partial charge in [-0.1, -0.05) is 152 Å². The molecule has 51 heavy (non-hydrogen) atoms. The standard InChI is InChI=1S/C47H30N4/c1-5-14-31(15-6-1)39-30-36-20-13-23-38(42(36)47-43(39)44(33-18-9-3-10-19-33)50-51(47)37-21-11-4-12-22-37)41-29-27-35-25-24-34-26-28-40(32-16-7-2-8-17-32)48-45(34)46(35)49-41/h1-30H. The fraction of sp³-hybridized carbons (Fsp3) is 0. The first-order valence-corrected chi connectivity index (χ1v) is 17.2. The third kappa shape index (κ3) is 4.88. The minimum absolute atomic E-state index is 0.887. The summed E-state index contributed by atoms with van der Waals surface area (Å²) in [5, 5.41) is 10.9. The summed E-state index contributed by atoms with van der Waals surface area (Å²) in [4.78, 5) is 10.6. The van der Waals surface area contributed by atoms with Gasteiger partial charge in [0.2, 0.25) is 0 Å². The Morgan fingerprint density at radius 2 is 0.922 bits per heavy atom. The van der Waals surface area contributed by atoms with Crippen LogP contribution in [0.25, 0.3) is 94.1 Å². The van der Waals surface area contributed by atoms with E-state index in [1.54, 1.807) is 0 Å². The predicted molar refractivity (Wildman–Crippen MR) is 211 cm³/mol. The lowest BCUT2D eigenvalue weighted by molar-refractivity contribution is 0.918. The summed E-state index contributed by atoms with van der Waals surface area (Å²) in [6.45, 7) is 0. The summed E-state index contributed by atoms with van der Waals surface area (Å²) in [6.07, 6.45) is 0. The minimum atomic E-state index is 0.887. The van der Waals surface area contributed by atoms with Crippen LogP contribution in [-0.4, -0.2) is 19.7 Å². The second-order valence-electron chi connectivity index (χ2n) is 12.8. The molecule has 0 saturated heterocycles. The SMILES string of the molecule is c1ccc(-c2ccc3ccc4ccc(-c5cccc6cc(-c7ccccc7)c7c(-c8ccccc8)nn(-c8ccccc8)c7c56)nc4c3n2)cc1. The highest BCUT2D eigenvalue weighted by Crippen LogP contribution is 2.44. The van der Waals surface area contributed by atoms with Gasteiger partial charge in [0.25, 0.3) is 0 Å². The zero-order valence-corrected chi connectivity index (χ0v) is 27.6. The van der Waals surface area contributed by atoms with Crippen molar-refractivity contribution >= 4 is 43.5 Å². The number of hydrogen-bond donors (Lipinski definition) is 0. The molecule has 0 atom stereocenters. The molecule has 3 heterocycles. The molecule has 0 aliphatic heterocycles. The number of hydrogen-bond acceptors (Lipinski definition) is 3. The maximum absolute atomic E-state index is 5.42. The van der Waals surface area contributed by atoms with E-state index in [1.165, 1.54) is 0 Å². The molecule has 0 fully saturated rings. The van der Waals surface area contributed by atoms with Crippen LogP contribution in [0.3, 0.4) is 0 Å². The van der Waals surface area contributed by atoms with Crippen LogP contribution in [0.5, 0.6) is 0 Å². The monoisotopic (exact) mass is 650 g/mol. The second kappa shape index (κ2) is 11.9. The lowest BCUT2D eigenvalue weighted by Gasteiger charge is -2.15. The molecule has 4 heteroatoms. The number of nitrogens with zero attached hydrogens (tertiary/aromatic N) is 4. The van der Waals surface area contributed by atoms with Gasteiger partial charge >= 0.3 is 0 Å². The minimum Gasteiger partial charge on any atom is -0.245 e. The largest absolute Gasteiger partial charge is 0.245 e. The van der Waals surface area contributed by atoms with Gasteiger partial charge in [0.15, 0.2) is 0 Å². The van der Waals surface area contributed by atoms with Gasteiger partial charge < -0.3 is 0 Å². The van der Waals surface area contributed by atoms with Gasteiger partial charge in [-0.05, 0) is 46.8 Å². The number of rotatable bonds is 5. The Morgan fingerprint density at radius 1 is 0.373 bits per heavy atom. The van der Waals surface area contributed by atoms with E-state index in [4.69, 9.17) is 15.1 Å². The summed E-state index contributed by atoms with van der Waals surface area (Å²) in [6, 6.07) is 63.6. The smallest absolute Gasteiger partial charge is 0.101 e. The topological polar surface area (TPSA) is 43.6 Å². The van der Waals surface area contributed by atoms with Crippen LogP contribution in [0.4, 0.5) is 0 Å². The zero-order valence-electron chi connectivity index (χ0n) is 27.6. The number of fused-ring (bicyclic) bond motifs is 6. The molecular formula is C47H30N4. The molecular weight excluding hydrogens is 621 g/mol. The van der Waals surface area contributed by atoms with Crippen molar-refractivity contribution in [3.05, 3.63) is 182 Å². The first kappa shape index (κ1) is 29.0. The van der Waals surface area contributed by atoms with E-state index in [2.05, 4.69) is 175 Å². The molecule has 0 spiro atoms. The summed E-state index contributed by atoms with van der Waals surface area (Å²) in [7, 11) is 0. The first-order chi connectivity index (χ1) is 25.3. The molecule has 0 saturated carbocycles. The van der Waals surface area contributed by atoms with Crippen molar-refractivity contribution in [2.75, 3.05) is 0 Å². The van der Waals surface area contributed by atoms with Crippen molar-refractivity contribution < 1.29 is 0 Å². The Bertz CT molecular complexity index is 2880. The van der Waals surface area contributed by atoms with Crippen molar-refractivity contribution in [2.45, 2.75) is 0 Å². The molecule has 7 aromatic carbocycles. The van der Waals surface area contributed by atoms with Crippen LogP contribution in [0.15, 0.2) is 182 Å². The lowest BCUT2D eigenvalue weighted by Crippen LogP contribution is -1.98. The molecule has 0 amide bonds. The third-order valence-corrected chi connectivity index (χ3v) is 9.79. The summed E-state index contributed by atoms with van der Waals surface area (Å²) >= 11 is 0. The maximum Gasteiger partial charge on any atom is 0.101 e. The van der Waals surface area contributed by atoms with Crippen molar-refractivity contribution in [1.29, 1.82) is 0 Å². The van der Waals surface area contributed by atoms with Gasteiger partial charge in [-0.3, -0.25) is 0 Å². The fourth-order valence-corrected chi connectivity index (χ4v) is 7.39. The van der Waals surface area contributed by atoms with E-state index in [0.29, 0.717) is 0 Å². The van der Waals surface area contributed by atoms with E-state index in [9.17, 15) is 0 Å². The highest BCUT2D eigenvalue weighted by atomic mass is 15.3. The zero-order chi connectivity index (χ0) is 33.7. The molecule has 0 bridgehead atoms. The highest BCUT2D eigenvalue weighted by molar-refractivity contribution is 6.21. The van der Waals surface area contributed by atoms with Crippen molar-refractivity contribution in [3.63, 3.8) is 0 Å². The quantitative estimate of drug-likeness (QED) is 0.174. The molecule has 0 unspecified atom stereocenters. The third-order valence-electron chi connectivity index (χ3n) is 9.79. The highest BCUT2D eigenvalue weighted by Gasteiger charge is 2.23. The lowest BCUT2D eigenvalue weighted by atomic mass is 9.91. The number of benzene rings is 7. The Morgan fingerprint density at radius 3 is 1.59 bits per heavy atom. The van der Waals surface area contributed by atoms with Crippen LogP contribution in [0.2, 0.25) is 0 Å². The molecule has 238 valence electrons. The van der Waals surface area contributed by atoms with Crippen LogP contribution >= 0.6 is 0 Å². The summed E-state index contributed by atoms with van der Waals surface area (Å²) in [5.74, 6) is 0.